The van der Waals surface area contributed by atoms with Crippen LogP contribution in [0.2, 0.25) is 0 Å². The van der Waals surface area contributed by atoms with E-state index in [4.69, 9.17) is 4.98 Å². The number of benzene rings is 1. The number of hydrogen-bond acceptors (Lipinski definition) is 3. The summed E-state index contributed by atoms with van der Waals surface area (Å²) in [5.74, 6) is 2.26. The van der Waals surface area contributed by atoms with E-state index in [9.17, 15) is 4.79 Å². The third-order valence-electron chi connectivity index (χ3n) is 6.76. The Morgan fingerprint density at radius 2 is 1.93 bits per heavy atom. The van der Waals surface area contributed by atoms with E-state index in [0.717, 1.165) is 75.7 Å². The van der Waals surface area contributed by atoms with Crippen LogP contribution < -0.4 is 4.90 Å². The molecule has 0 N–H and O–H groups in total. The van der Waals surface area contributed by atoms with Gasteiger partial charge in [-0.05, 0) is 57.1 Å². The van der Waals surface area contributed by atoms with Gasteiger partial charge in [0.05, 0.1) is 17.0 Å². The molecule has 2 saturated heterocycles. The van der Waals surface area contributed by atoms with Crippen molar-refractivity contribution in [3.63, 3.8) is 0 Å². The number of likely N-dealkylation sites (tertiary alicyclic amines) is 1. The molecule has 2 aliphatic heterocycles. The second kappa shape index (κ2) is 8.14. The van der Waals surface area contributed by atoms with Gasteiger partial charge in [0.2, 0.25) is 11.9 Å². The Kier molecular flexibility index (Phi) is 5.61. The predicted molar refractivity (Wildman–Crippen MR) is 115 cm³/mol. The Hall–Kier alpha value is -2.04. The van der Waals surface area contributed by atoms with Crippen molar-refractivity contribution in [3.05, 3.63) is 24.3 Å². The van der Waals surface area contributed by atoms with Crippen molar-refractivity contribution in [2.45, 2.75) is 58.9 Å². The summed E-state index contributed by atoms with van der Waals surface area (Å²) in [6.45, 7) is 10.4. The zero-order valence-electron chi connectivity index (χ0n) is 17.6. The van der Waals surface area contributed by atoms with Crippen LogP contribution in [0.5, 0.6) is 0 Å². The fraction of sp³-hybridized carbons (Fsp3) is 0.652. The molecule has 0 radical (unpaired) electrons. The van der Waals surface area contributed by atoms with Gasteiger partial charge >= 0.3 is 0 Å². The molecule has 2 fully saturated rings. The molecule has 5 heteroatoms. The summed E-state index contributed by atoms with van der Waals surface area (Å²) in [7, 11) is 0. The molecule has 2 aromatic rings. The average Bonchev–Trinajstić information content (AvgIpc) is 3.13. The number of carbonyl (C=O) groups is 1. The number of para-hydroxylation sites is 2. The Labute approximate surface area is 168 Å². The van der Waals surface area contributed by atoms with E-state index in [1.54, 1.807) is 0 Å². The molecule has 1 aromatic carbocycles. The van der Waals surface area contributed by atoms with Crippen LogP contribution in [0.4, 0.5) is 5.95 Å². The quantitative estimate of drug-likeness (QED) is 0.783. The number of carbonyl (C=O) groups excluding carboxylic acids is 1. The lowest BCUT2D eigenvalue weighted by molar-refractivity contribution is -0.137. The van der Waals surface area contributed by atoms with Crippen LogP contribution in [0.1, 0.15) is 58.9 Å². The summed E-state index contributed by atoms with van der Waals surface area (Å²) in [5, 5.41) is 0. The number of anilines is 1. The first-order valence-corrected chi connectivity index (χ1v) is 11.1. The maximum absolute atomic E-state index is 13.2. The van der Waals surface area contributed by atoms with Gasteiger partial charge in [0.1, 0.15) is 0 Å². The highest BCUT2D eigenvalue weighted by Crippen LogP contribution is 2.31. The van der Waals surface area contributed by atoms with Crippen molar-refractivity contribution in [1.82, 2.24) is 14.5 Å². The van der Waals surface area contributed by atoms with E-state index >= 15 is 0 Å². The number of aromatic nitrogens is 2. The summed E-state index contributed by atoms with van der Waals surface area (Å²) < 4.78 is 2.38. The van der Waals surface area contributed by atoms with Gasteiger partial charge in [-0.15, -0.1) is 0 Å². The van der Waals surface area contributed by atoms with Crippen molar-refractivity contribution in [1.29, 1.82) is 0 Å². The second-order valence-corrected chi connectivity index (χ2v) is 8.82. The Balaban J connectivity index is 1.57. The van der Waals surface area contributed by atoms with E-state index in [1.807, 2.05) is 0 Å². The molecule has 4 rings (SSSR count). The first kappa shape index (κ1) is 19.3. The van der Waals surface area contributed by atoms with Crippen LogP contribution >= 0.6 is 0 Å². The molecule has 0 spiro atoms. The van der Waals surface area contributed by atoms with Crippen molar-refractivity contribution in [3.8, 4) is 0 Å². The summed E-state index contributed by atoms with van der Waals surface area (Å²) >= 11 is 0. The molecule has 2 atom stereocenters. The van der Waals surface area contributed by atoms with Gasteiger partial charge in [0, 0.05) is 32.2 Å². The second-order valence-electron chi connectivity index (χ2n) is 8.82. The smallest absolute Gasteiger partial charge is 0.227 e. The van der Waals surface area contributed by atoms with Gasteiger partial charge in [-0.1, -0.05) is 26.0 Å². The van der Waals surface area contributed by atoms with Gasteiger partial charge in [-0.25, -0.2) is 4.98 Å². The maximum atomic E-state index is 13.2. The minimum Gasteiger partial charge on any atom is -0.342 e. The van der Waals surface area contributed by atoms with E-state index in [0.29, 0.717) is 11.9 Å². The Morgan fingerprint density at radius 1 is 1.18 bits per heavy atom. The summed E-state index contributed by atoms with van der Waals surface area (Å²) in [5.41, 5.74) is 2.25. The first-order valence-electron chi connectivity index (χ1n) is 11.1. The highest BCUT2D eigenvalue weighted by atomic mass is 16.2. The summed E-state index contributed by atoms with van der Waals surface area (Å²) in [6, 6.07) is 8.80. The fourth-order valence-corrected chi connectivity index (χ4v) is 4.72. The molecule has 5 nitrogen and oxygen atoms in total. The third kappa shape index (κ3) is 3.63. The molecule has 1 aromatic heterocycles. The summed E-state index contributed by atoms with van der Waals surface area (Å²) in [4.78, 5) is 22.6. The normalized spacial score (nSPS) is 22.6. The van der Waals surface area contributed by atoms with Gasteiger partial charge in [-0.2, -0.15) is 0 Å². The Bertz CT molecular complexity index is 821. The predicted octanol–water partition coefficient (Wildman–Crippen LogP) is 4.48. The monoisotopic (exact) mass is 382 g/mol. The highest BCUT2D eigenvalue weighted by Gasteiger charge is 2.32. The van der Waals surface area contributed by atoms with Crippen molar-refractivity contribution < 1.29 is 4.79 Å². The van der Waals surface area contributed by atoms with Gasteiger partial charge < -0.3 is 14.4 Å². The summed E-state index contributed by atoms with van der Waals surface area (Å²) in [6.07, 6.45) is 5.42. The number of rotatable bonds is 4. The number of imidazole rings is 1. The largest absolute Gasteiger partial charge is 0.342 e. The molecule has 152 valence electrons. The topological polar surface area (TPSA) is 41.4 Å². The van der Waals surface area contributed by atoms with Crippen LogP contribution in [0.25, 0.3) is 11.0 Å². The number of amides is 1. The van der Waals surface area contributed by atoms with Crippen molar-refractivity contribution in [2.75, 3.05) is 31.1 Å². The van der Waals surface area contributed by atoms with Crippen molar-refractivity contribution in [2.24, 2.45) is 11.8 Å². The van der Waals surface area contributed by atoms with Gasteiger partial charge in [-0.3, -0.25) is 4.79 Å². The minimum atomic E-state index is 0.104. The van der Waals surface area contributed by atoms with Crippen LogP contribution in [0, 0.1) is 11.8 Å². The molecule has 1 amide bonds. The van der Waals surface area contributed by atoms with E-state index < -0.39 is 0 Å². The van der Waals surface area contributed by atoms with E-state index in [2.05, 4.69) is 59.4 Å². The lowest BCUT2D eigenvalue weighted by Gasteiger charge is -2.38. The zero-order valence-corrected chi connectivity index (χ0v) is 17.6. The lowest BCUT2D eigenvalue weighted by Crippen LogP contribution is -2.47. The molecule has 2 aliphatic rings. The highest BCUT2D eigenvalue weighted by molar-refractivity contribution is 5.81. The number of fused-ring (bicyclic) bond motifs is 1. The molecule has 28 heavy (non-hydrogen) atoms. The molecule has 2 unspecified atom stereocenters. The van der Waals surface area contributed by atoms with Crippen LogP contribution in [-0.4, -0.2) is 46.5 Å². The lowest BCUT2D eigenvalue weighted by atomic mass is 9.93. The molecule has 0 aliphatic carbocycles. The average molecular weight is 383 g/mol. The van der Waals surface area contributed by atoms with Crippen LogP contribution in [-0.2, 0) is 4.79 Å². The number of piperidine rings is 2. The van der Waals surface area contributed by atoms with E-state index in [-0.39, 0.29) is 5.92 Å². The van der Waals surface area contributed by atoms with E-state index in [1.165, 1.54) is 5.52 Å². The van der Waals surface area contributed by atoms with Crippen LogP contribution in [0.15, 0.2) is 24.3 Å². The number of hydrogen-bond donors (Lipinski definition) is 0. The molecule has 0 bridgehead atoms. The Morgan fingerprint density at radius 3 is 2.68 bits per heavy atom. The third-order valence-corrected chi connectivity index (χ3v) is 6.76. The number of nitrogens with zero attached hydrogens (tertiary/aromatic N) is 4. The maximum Gasteiger partial charge on any atom is 0.227 e. The SMILES string of the molecule is CCC(C)n1c(N2CCCC(C(=O)N3CCC(C)CC3)C2)nc2ccccc21. The molecule has 3 heterocycles. The van der Waals surface area contributed by atoms with Crippen molar-refractivity contribution >= 4 is 22.9 Å². The molecular weight excluding hydrogens is 348 g/mol. The van der Waals surface area contributed by atoms with Gasteiger partial charge in [0.25, 0.3) is 0 Å². The van der Waals surface area contributed by atoms with Gasteiger partial charge in [0.15, 0.2) is 0 Å². The van der Waals surface area contributed by atoms with Crippen LogP contribution in [0.3, 0.4) is 0 Å². The minimum absolute atomic E-state index is 0.104. The first-order chi connectivity index (χ1) is 13.6. The zero-order chi connectivity index (χ0) is 19.7. The molecule has 0 saturated carbocycles. The molecular formula is C23H34N4O. The standard InChI is InChI=1S/C23H34N4O/c1-4-18(3)27-21-10-6-5-9-20(21)24-23(27)26-13-7-8-19(16-26)22(28)25-14-11-17(2)12-15-25/h5-6,9-10,17-19H,4,7-8,11-16H2,1-3H3. The fourth-order valence-electron chi connectivity index (χ4n) is 4.72.